The lowest BCUT2D eigenvalue weighted by Gasteiger charge is -2.58. The monoisotopic (exact) mass is 448 g/mol. The Hall–Kier alpha value is -1.62. The van der Waals surface area contributed by atoms with Crippen LogP contribution < -0.4 is 0 Å². The first kappa shape index (κ1) is 22.6. The number of aliphatic hydroxyl groups is 1. The quantitative estimate of drug-likeness (QED) is 0.592. The van der Waals surface area contributed by atoms with Crippen LogP contribution in [0, 0.1) is 40.4 Å². The molecule has 8 atom stereocenters. The molecule has 0 bridgehead atoms. The predicted molar refractivity (Wildman–Crippen MR) is 117 cm³/mol. The molecule has 5 nitrogen and oxygen atoms in total. The van der Waals surface area contributed by atoms with Crippen LogP contribution in [0.1, 0.15) is 67.2 Å². The average molecular weight is 449 g/mol. The lowest BCUT2D eigenvalue weighted by atomic mass is 9.47. The molecule has 170 valence electrons. The van der Waals surface area contributed by atoms with Gasteiger partial charge in [-0.1, -0.05) is 32.9 Å². The molecule has 0 aromatic carbocycles. The van der Waals surface area contributed by atoms with E-state index in [4.69, 9.17) is 16.3 Å². The number of hydrogen-bond donors (Lipinski definition) is 1. The highest BCUT2D eigenvalue weighted by molar-refractivity contribution is 6.33. The third-order valence-corrected chi connectivity index (χ3v) is 10.0. The van der Waals surface area contributed by atoms with Gasteiger partial charge in [0.2, 0.25) is 0 Å². The van der Waals surface area contributed by atoms with Crippen LogP contribution in [0.25, 0.3) is 0 Å². The zero-order valence-electron chi connectivity index (χ0n) is 18.0. The summed E-state index contributed by atoms with van der Waals surface area (Å²) < 4.78 is 5.77. The number of allylic oxidation sites excluding steroid dienone is 4. The maximum Gasteiger partial charge on any atom is 0.303 e. The predicted octanol–water partition coefficient (Wildman–Crippen LogP) is 5.13. The number of halogens is 1. The standard InChI is InChI=1S/C24H29ClO5.CH4/c1-11(26)24(30-12(2)27)8-6-14-19-15(5-7-22(14,24)3)23(4)16-9-13(16)18(28)10-17(23)20(25)21(19)29;/h10,13-16,19,29H,5-9H2,1-4H3;1H4/t13-,14?,15?,16?,19?,22+,23+,24+;/m1./s1. The summed E-state index contributed by atoms with van der Waals surface area (Å²) in [6, 6.07) is 0. The van der Waals surface area contributed by atoms with Crippen LogP contribution in [0.3, 0.4) is 0 Å². The van der Waals surface area contributed by atoms with Gasteiger partial charge in [0.1, 0.15) is 5.76 Å². The van der Waals surface area contributed by atoms with Crippen LogP contribution in [0.5, 0.6) is 0 Å². The summed E-state index contributed by atoms with van der Waals surface area (Å²) in [5, 5.41) is 11.6. The number of carbonyl (C=O) groups excluding carboxylic acids is 3. The first-order chi connectivity index (χ1) is 14.0. The average Bonchev–Trinajstić information content (AvgIpc) is 3.43. The number of fused-ring (bicyclic) bond motifs is 7. The molecule has 4 unspecified atom stereocenters. The fourth-order valence-electron chi connectivity index (χ4n) is 8.09. The SMILES string of the molecule is C.CC(=O)O[C@]1(C(C)=O)CCC2C3C(O)=C(Cl)C4=CC(=O)[C@@H]5CC5[C@]4(C)C3CC[C@@]21C. The van der Waals surface area contributed by atoms with E-state index in [1.165, 1.54) is 13.8 Å². The van der Waals surface area contributed by atoms with Crippen molar-refractivity contribution in [3.63, 3.8) is 0 Å². The van der Waals surface area contributed by atoms with Crippen molar-refractivity contribution in [3.05, 3.63) is 22.4 Å². The number of hydrogen-bond acceptors (Lipinski definition) is 5. The van der Waals surface area contributed by atoms with Crippen LogP contribution in [-0.4, -0.2) is 28.2 Å². The molecule has 5 aliphatic carbocycles. The van der Waals surface area contributed by atoms with Crippen LogP contribution in [0.4, 0.5) is 0 Å². The molecule has 5 rings (SSSR count). The zero-order chi connectivity index (χ0) is 21.8. The molecular weight excluding hydrogens is 416 g/mol. The zero-order valence-corrected chi connectivity index (χ0v) is 18.7. The number of aliphatic hydroxyl groups excluding tert-OH is 1. The van der Waals surface area contributed by atoms with Crippen molar-refractivity contribution in [1.82, 2.24) is 0 Å². The Morgan fingerprint density at radius 3 is 2.39 bits per heavy atom. The van der Waals surface area contributed by atoms with E-state index >= 15 is 0 Å². The second kappa shape index (κ2) is 6.69. The fraction of sp³-hybridized carbons (Fsp3) is 0.720. The molecule has 0 spiro atoms. The molecule has 31 heavy (non-hydrogen) atoms. The van der Waals surface area contributed by atoms with Gasteiger partial charge in [-0.25, -0.2) is 0 Å². The van der Waals surface area contributed by atoms with Crippen molar-refractivity contribution in [3.8, 4) is 0 Å². The van der Waals surface area contributed by atoms with Crippen molar-refractivity contribution >= 4 is 29.1 Å². The summed E-state index contributed by atoms with van der Waals surface area (Å²) in [6.07, 6.45) is 5.26. The number of ketones is 2. The van der Waals surface area contributed by atoms with E-state index in [2.05, 4.69) is 6.92 Å². The number of carbonyl (C=O) groups is 3. The minimum Gasteiger partial charge on any atom is -0.510 e. The summed E-state index contributed by atoms with van der Waals surface area (Å²) in [7, 11) is 0. The lowest BCUT2D eigenvalue weighted by molar-refractivity contribution is -0.186. The van der Waals surface area contributed by atoms with Gasteiger partial charge >= 0.3 is 5.97 Å². The van der Waals surface area contributed by atoms with Gasteiger partial charge < -0.3 is 9.84 Å². The number of esters is 1. The molecule has 0 amide bonds. The normalized spacial score (nSPS) is 47.2. The van der Waals surface area contributed by atoms with Crippen molar-refractivity contribution in [2.45, 2.75) is 72.8 Å². The molecule has 0 aliphatic heterocycles. The van der Waals surface area contributed by atoms with Crippen LogP contribution in [-0.2, 0) is 19.1 Å². The molecule has 5 aliphatic rings. The summed E-state index contributed by atoms with van der Waals surface area (Å²) in [5.41, 5.74) is -1.15. The number of ether oxygens (including phenoxy) is 1. The van der Waals surface area contributed by atoms with Gasteiger partial charge in [-0.3, -0.25) is 14.4 Å². The highest BCUT2D eigenvalue weighted by Gasteiger charge is 2.71. The third kappa shape index (κ3) is 2.53. The van der Waals surface area contributed by atoms with E-state index < -0.39 is 17.0 Å². The van der Waals surface area contributed by atoms with Crippen LogP contribution >= 0.6 is 11.6 Å². The first-order valence-electron chi connectivity index (χ1n) is 11.0. The second-order valence-electron chi connectivity index (χ2n) is 10.6. The van der Waals surface area contributed by atoms with Crippen molar-refractivity contribution in [2.24, 2.45) is 40.4 Å². The van der Waals surface area contributed by atoms with Gasteiger partial charge in [-0.15, -0.1) is 0 Å². The molecule has 0 aromatic rings. The summed E-state index contributed by atoms with van der Waals surface area (Å²) in [5.74, 6) is 0.0237. The Balaban J connectivity index is 0.00000231. The van der Waals surface area contributed by atoms with Crippen molar-refractivity contribution < 1.29 is 24.2 Å². The van der Waals surface area contributed by atoms with Gasteiger partial charge in [0.25, 0.3) is 0 Å². The van der Waals surface area contributed by atoms with Gasteiger partial charge in [-0.2, -0.15) is 0 Å². The summed E-state index contributed by atoms with van der Waals surface area (Å²) >= 11 is 6.71. The number of rotatable bonds is 2. The maximum atomic E-state index is 12.8. The van der Waals surface area contributed by atoms with Crippen LogP contribution in [0.2, 0.25) is 0 Å². The highest BCUT2D eigenvalue weighted by Crippen LogP contribution is 2.73. The van der Waals surface area contributed by atoms with E-state index in [1.807, 2.05) is 6.92 Å². The van der Waals surface area contributed by atoms with E-state index in [9.17, 15) is 19.5 Å². The Kier molecular flexibility index (Phi) is 4.87. The molecule has 0 heterocycles. The van der Waals surface area contributed by atoms with Gasteiger partial charge in [0.05, 0.1) is 5.03 Å². The molecule has 0 radical (unpaired) electrons. The third-order valence-electron chi connectivity index (χ3n) is 9.62. The van der Waals surface area contributed by atoms with E-state index in [0.29, 0.717) is 17.9 Å². The largest absolute Gasteiger partial charge is 0.510 e. The van der Waals surface area contributed by atoms with Gasteiger partial charge in [0, 0.05) is 29.6 Å². The maximum absolute atomic E-state index is 12.8. The Labute approximate surface area is 189 Å². The molecule has 6 heteroatoms. The molecule has 0 aromatic heterocycles. The minimum atomic E-state index is -1.15. The molecule has 0 saturated heterocycles. The summed E-state index contributed by atoms with van der Waals surface area (Å²) in [4.78, 5) is 37.2. The highest BCUT2D eigenvalue weighted by atomic mass is 35.5. The topological polar surface area (TPSA) is 80.7 Å². The lowest BCUT2D eigenvalue weighted by Crippen LogP contribution is -2.59. The first-order valence-corrected chi connectivity index (χ1v) is 11.4. The number of Topliss-reactive ketones (excluding diaryl/α,β-unsaturated/α-hetero) is 1. The smallest absolute Gasteiger partial charge is 0.303 e. The summed E-state index contributed by atoms with van der Waals surface area (Å²) in [6.45, 7) is 7.12. The van der Waals surface area contributed by atoms with E-state index in [1.54, 1.807) is 6.08 Å². The van der Waals surface area contributed by atoms with Crippen LogP contribution in [0.15, 0.2) is 22.4 Å². The Bertz CT molecular complexity index is 950. The van der Waals surface area contributed by atoms with Gasteiger partial charge in [0.15, 0.2) is 17.2 Å². The second-order valence-corrected chi connectivity index (χ2v) is 11.0. The molecule has 1 N–H and O–H groups in total. The Morgan fingerprint density at radius 2 is 1.77 bits per heavy atom. The Morgan fingerprint density at radius 1 is 1.13 bits per heavy atom. The fourth-order valence-corrected chi connectivity index (χ4v) is 8.48. The van der Waals surface area contributed by atoms with E-state index in [-0.39, 0.29) is 59.8 Å². The molecular formula is C25H33ClO5. The molecule has 3 fully saturated rings. The molecule has 3 saturated carbocycles. The van der Waals surface area contributed by atoms with Gasteiger partial charge in [-0.05, 0) is 68.4 Å². The van der Waals surface area contributed by atoms with Crippen molar-refractivity contribution in [2.75, 3.05) is 0 Å². The van der Waals surface area contributed by atoms with E-state index in [0.717, 1.165) is 24.8 Å². The minimum absolute atomic E-state index is 0. The van der Waals surface area contributed by atoms with Crippen molar-refractivity contribution in [1.29, 1.82) is 0 Å².